The molecule has 1 N–H and O–H groups in total. The molecule has 0 saturated carbocycles. The summed E-state index contributed by atoms with van der Waals surface area (Å²) in [5.74, 6) is 0. The molecule has 1 aromatic rings. The molecule has 0 bridgehead atoms. The molecule has 0 unspecified atom stereocenters. The molecule has 13 heavy (non-hydrogen) atoms. The van der Waals surface area contributed by atoms with Crippen LogP contribution in [0.2, 0.25) is 10.0 Å². The van der Waals surface area contributed by atoms with Gasteiger partial charge in [0.05, 0.1) is 14.9 Å². The summed E-state index contributed by atoms with van der Waals surface area (Å²) in [5, 5.41) is 0.551. The van der Waals surface area contributed by atoms with Crippen molar-refractivity contribution in [1.82, 2.24) is 4.72 Å². The van der Waals surface area contributed by atoms with Crippen molar-refractivity contribution in [3.63, 3.8) is 0 Å². The molecule has 1 rings (SSSR count). The smallest absolute Gasteiger partial charge is 0.214 e. The molecule has 0 aromatic heterocycles. The van der Waals surface area contributed by atoms with Crippen molar-refractivity contribution >= 4 is 33.2 Å². The summed E-state index contributed by atoms with van der Waals surface area (Å²) in [5.41, 5.74) is 0. The minimum absolute atomic E-state index is 0.101. The fourth-order valence-electron chi connectivity index (χ4n) is 0.762. The largest absolute Gasteiger partial charge is 0.240 e. The van der Waals surface area contributed by atoms with Gasteiger partial charge in [-0.25, -0.2) is 13.1 Å². The fraction of sp³-hybridized carbons (Fsp3) is 0.143. The third-order valence-corrected chi connectivity index (χ3v) is 3.62. The summed E-state index contributed by atoms with van der Waals surface area (Å²) in [7, 11) is -2.10. The van der Waals surface area contributed by atoms with Crippen molar-refractivity contribution in [2.75, 3.05) is 7.05 Å². The minimum Gasteiger partial charge on any atom is -0.214 e. The number of sulfonamides is 1. The topological polar surface area (TPSA) is 46.2 Å². The van der Waals surface area contributed by atoms with Gasteiger partial charge in [0.2, 0.25) is 10.0 Å². The molecule has 0 aliphatic heterocycles. The van der Waals surface area contributed by atoms with Crippen molar-refractivity contribution in [1.29, 1.82) is 0 Å². The number of hydrogen-bond acceptors (Lipinski definition) is 2. The van der Waals surface area contributed by atoms with Crippen LogP contribution in [0.15, 0.2) is 23.1 Å². The summed E-state index contributed by atoms with van der Waals surface area (Å²) < 4.78 is 24.7. The maximum atomic E-state index is 11.3. The zero-order valence-electron chi connectivity index (χ0n) is 6.71. The Kier molecular flexibility index (Phi) is 3.18. The first-order valence-corrected chi connectivity index (χ1v) is 5.60. The van der Waals surface area contributed by atoms with Crippen molar-refractivity contribution in [2.24, 2.45) is 0 Å². The summed E-state index contributed by atoms with van der Waals surface area (Å²) in [6.07, 6.45) is 0. The van der Waals surface area contributed by atoms with E-state index < -0.39 is 10.0 Å². The Labute approximate surface area is 86.7 Å². The standard InChI is InChI=1S/C7H7Cl2NO2S/c1-10-13(11,12)5-2-3-6(8)7(9)4-5/h2-4,10H,1H3. The monoisotopic (exact) mass is 239 g/mol. The Balaban J connectivity index is 3.27. The van der Waals surface area contributed by atoms with Crippen LogP contribution < -0.4 is 4.72 Å². The zero-order chi connectivity index (χ0) is 10.1. The first-order chi connectivity index (χ1) is 5.97. The van der Waals surface area contributed by atoms with Crippen LogP contribution in [0.1, 0.15) is 0 Å². The molecule has 0 aliphatic carbocycles. The number of benzene rings is 1. The van der Waals surface area contributed by atoms with Crippen molar-refractivity contribution in [3.05, 3.63) is 28.2 Å². The van der Waals surface area contributed by atoms with Crippen molar-refractivity contribution < 1.29 is 8.42 Å². The van der Waals surface area contributed by atoms with Gasteiger partial charge in [-0.05, 0) is 25.2 Å². The lowest BCUT2D eigenvalue weighted by Crippen LogP contribution is -2.18. The van der Waals surface area contributed by atoms with Crippen LogP contribution in [-0.4, -0.2) is 15.5 Å². The maximum Gasteiger partial charge on any atom is 0.240 e. The lowest BCUT2D eigenvalue weighted by atomic mass is 10.4. The number of hydrogen-bond donors (Lipinski definition) is 1. The fourth-order valence-corrected chi connectivity index (χ4v) is 1.88. The highest BCUT2D eigenvalue weighted by atomic mass is 35.5. The minimum atomic E-state index is -3.43. The highest BCUT2D eigenvalue weighted by Gasteiger charge is 2.12. The van der Waals surface area contributed by atoms with Crippen LogP contribution in [0.25, 0.3) is 0 Å². The first-order valence-electron chi connectivity index (χ1n) is 3.36. The number of halogens is 2. The Morgan fingerprint density at radius 3 is 2.31 bits per heavy atom. The highest BCUT2D eigenvalue weighted by Crippen LogP contribution is 2.24. The predicted molar refractivity (Wildman–Crippen MR) is 52.7 cm³/mol. The van der Waals surface area contributed by atoms with E-state index in [4.69, 9.17) is 23.2 Å². The molecule has 72 valence electrons. The Hall–Kier alpha value is -0.290. The maximum absolute atomic E-state index is 11.3. The molecule has 0 radical (unpaired) electrons. The van der Waals surface area contributed by atoms with Gasteiger partial charge in [-0.2, -0.15) is 0 Å². The second-order valence-electron chi connectivity index (χ2n) is 2.28. The van der Waals surface area contributed by atoms with E-state index in [1.165, 1.54) is 25.2 Å². The number of rotatable bonds is 2. The molecule has 0 fully saturated rings. The van der Waals surface area contributed by atoms with Crippen LogP contribution in [0.3, 0.4) is 0 Å². The first kappa shape index (κ1) is 10.8. The van der Waals surface area contributed by atoms with Crippen LogP contribution >= 0.6 is 23.2 Å². The lowest BCUT2D eigenvalue weighted by Gasteiger charge is -2.02. The molecule has 0 aliphatic rings. The van der Waals surface area contributed by atoms with Gasteiger partial charge in [0.25, 0.3) is 0 Å². The van der Waals surface area contributed by atoms with Gasteiger partial charge in [-0.3, -0.25) is 0 Å². The van der Waals surface area contributed by atoms with Gasteiger partial charge < -0.3 is 0 Å². The van der Waals surface area contributed by atoms with E-state index >= 15 is 0 Å². The van der Waals surface area contributed by atoms with E-state index in [-0.39, 0.29) is 9.92 Å². The summed E-state index contributed by atoms with van der Waals surface area (Å²) in [4.78, 5) is 0.101. The molecule has 0 saturated heterocycles. The quantitative estimate of drug-likeness (QED) is 0.858. The third-order valence-electron chi connectivity index (χ3n) is 1.47. The van der Waals surface area contributed by atoms with E-state index in [9.17, 15) is 8.42 Å². The average molecular weight is 240 g/mol. The molecule has 1 aromatic carbocycles. The molecular weight excluding hydrogens is 233 g/mol. The van der Waals surface area contributed by atoms with E-state index in [1.807, 2.05) is 0 Å². The van der Waals surface area contributed by atoms with Crippen LogP contribution in [0, 0.1) is 0 Å². The van der Waals surface area contributed by atoms with Crippen molar-refractivity contribution in [3.8, 4) is 0 Å². The molecule has 0 atom stereocenters. The highest BCUT2D eigenvalue weighted by molar-refractivity contribution is 7.89. The van der Waals surface area contributed by atoms with Gasteiger partial charge in [-0.1, -0.05) is 23.2 Å². The van der Waals surface area contributed by atoms with Gasteiger partial charge in [0.15, 0.2) is 0 Å². The molecule has 0 heterocycles. The van der Waals surface area contributed by atoms with E-state index in [0.29, 0.717) is 5.02 Å². The molecular formula is C7H7Cl2NO2S. The van der Waals surface area contributed by atoms with Crippen LogP contribution in [-0.2, 0) is 10.0 Å². The Morgan fingerprint density at radius 2 is 1.85 bits per heavy atom. The molecule has 3 nitrogen and oxygen atoms in total. The summed E-state index contributed by atoms with van der Waals surface area (Å²) >= 11 is 11.3. The molecule has 0 amide bonds. The SMILES string of the molecule is CNS(=O)(=O)c1ccc(Cl)c(Cl)c1. The zero-order valence-corrected chi connectivity index (χ0v) is 9.04. The Morgan fingerprint density at radius 1 is 1.23 bits per heavy atom. The lowest BCUT2D eigenvalue weighted by molar-refractivity contribution is 0.588. The van der Waals surface area contributed by atoms with Crippen molar-refractivity contribution in [2.45, 2.75) is 4.90 Å². The van der Waals surface area contributed by atoms with Crippen LogP contribution in [0.5, 0.6) is 0 Å². The second-order valence-corrected chi connectivity index (χ2v) is 4.98. The predicted octanol–water partition coefficient (Wildman–Crippen LogP) is 1.90. The van der Waals surface area contributed by atoms with E-state index in [1.54, 1.807) is 0 Å². The van der Waals surface area contributed by atoms with E-state index in [0.717, 1.165) is 0 Å². The summed E-state index contributed by atoms with van der Waals surface area (Å²) in [6, 6.07) is 4.13. The van der Waals surface area contributed by atoms with Gasteiger partial charge in [0.1, 0.15) is 0 Å². The molecule has 0 spiro atoms. The average Bonchev–Trinajstić information content (AvgIpc) is 2.09. The second kappa shape index (κ2) is 3.84. The Bertz CT molecular complexity index is 417. The number of nitrogens with one attached hydrogen (secondary N) is 1. The normalized spacial score (nSPS) is 11.6. The van der Waals surface area contributed by atoms with E-state index in [2.05, 4.69) is 4.72 Å². The van der Waals surface area contributed by atoms with Gasteiger partial charge >= 0.3 is 0 Å². The third kappa shape index (κ3) is 2.34. The van der Waals surface area contributed by atoms with Gasteiger partial charge in [0, 0.05) is 0 Å². The van der Waals surface area contributed by atoms with Gasteiger partial charge in [-0.15, -0.1) is 0 Å². The molecule has 6 heteroatoms. The van der Waals surface area contributed by atoms with Crippen LogP contribution in [0.4, 0.5) is 0 Å². The summed E-state index contributed by atoms with van der Waals surface area (Å²) in [6.45, 7) is 0.